The van der Waals surface area contributed by atoms with Crippen molar-refractivity contribution in [2.24, 2.45) is 0 Å². The summed E-state index contributed by atoms with van der Waals surface area (Å²) in [5.74, 6) is 1.51. The Bertz CT molecular complexity index is 449. The van der Waals surface area contributed by atoms with Gasteiger partial charge in [0.15, 0.2) is 17.5 Å². The lowest BCUT2D eigenvalue weighted by Crippen LogP contribution is -3.12. The van der Waals surface area contributed by atoms with E-state index in [1.54, 1.807) is 14.2 Å². The van der Waals surface area contributed by atoms with Crippen LogP contribution in [0.4, 0.5) is 0 Å². The smallest absolute Gasteiger partial charge is 0.278 e. The number of hydrogen-bond acceptors (Lipinski definition) is 3. The first-order chi connectivity index (χ1) is 9.54. The number of carbonyl (C=O) groups is 1. The summed E-state index contributed by atoms with van der Waals surface area (Å²) in [5.41, 5.74) is 1.03. The predicted molar refractivity (Wildman–Crippen MR) is 78.3 cm³/mol. The summed E-state index contributed by atoms with van der Waals surface area (Å²) in [7, 11) is 5.25. The fourth-order valence-corrected chi connectivity index (χ4v) is 2.10. The fraction of sp³-hybridized carbons (Fsp3) is 0.533. The molecule has 0 fully saturated rings. The van der Waals surface area contributed by atoms with E-state index in [0.717, 1.165) is 16.2 Å². The molecule has 0 saturated heterocycles. The third-order valence-corrected chi connectivity index (χ3v) is 3.44. The number of benzene rings is 1. The van der Waals surface area contributed by atoms with E-state index in [2.05, 4.69) is 5.32 Å². The Labute approximate surface area is 120 Å². The van der Waals surface area contributed by atoms with E-state index in [0.29, 0.717) is 18.8 Å². The maximum absolute atomic E-state index is 11.9. The number of carbonyl (C=O) groups excluding carboxylic acids is 1. The van der Waals surface area contributed by atoms with Crippen LogP contribution in [0.2, 0.25) is 0 Å². The minimum atomic E-state index is -0.120. The highest BCUT2D eigenvalue weighted by Crippen LogP contribution is 2.30. The molecule has 0 bridgehead atoms. The number of methoxy groups -OCH3 is 2. The number of ether oxygens (including phenoxy) is 2. The average molecular weight is 281 g/mol. The van der Waals surface area contributed by atoms with Gasteiger partial charge in [0.2, 0.25) is 0 Å². The van der Waals surface area contributed by atoms with Crippen molar-refractivity contribution in [2.75, 3.05) is 27.8 Å². The lowest BCUT2D eigenvalue weighted by Gasteiger charge is -2.22. The zero-order valence-corrected chi connectivity index (χ0v) is 12.9. The molecule has 0 heterocycles. The predicted octanol–water partition coefficient (Wildman–Crippen LogP) is 0.243. The summed E-state index contributed by atoms with van der Waals surface area (Å²) in [5, 5.41) is 2.85. The SMILES string of the molecule is CCNC(=O)[C@H](C)[NH+](C)Cc1cccc(OC)c1OC. The highest BCUT2D eigenvalue weighted by molar-refractivity contribution is 5.79. The molecule has 1 aromatic carbocycles. The minimum Gasteiger partial charge on any atom is -0.493 e. The van der Waals surface area contributed by atoms with Gasteiger partial charge in [-0.2, -0.15) is 0 Å². The van der Waals surface area contributed by atoms with Crippen molar-refractivity contribution in [3.8, 4) is 11.5 Å². The van der Waals surface area contributed by atoms with Gasteiger partial charge in [-0.1, -0.05) is 6.07 Å². The number of rotatable bonds is 7. The van der Waals surface area contributed by atoms with Crippen LogP contribution in [0.3, 0.4) is 0 Å². The molecule has 0 aliphatic rings. The molecule has 1 rings (SSSR count). The van der Waals surface area contributed by atoms with Crippen molar-refractivity contribution in [3.63, 3.8) is 0 Å². The Morgan fingerprint density at radius 2 is 2.05 bits per heavy atom. The molecule has 112 valence electrons. The van der Waals surface area contributed by atoms with Crippen LogP contribution >= 0.6 is 0 Å². The quantitative estimate of drug-likeness (QED) is 0.753. The second-order valence-corrected chi connectivity index (χ2v) is 4.79. The molecule has 20 heavy (non-hydrogen) atoms. The Morgan fingerprint density at radius 3 is 2.60 bits per heavy atom. The van der Waals surface area contributed by atoms with E-state index in [-0.39, 0.29) is 11.9 Å². The molecular formula is C15H25N2O3+. The number of quaternary nitrogens is 1. The zero-order valence-electron chi connectivity index (χ0n) is 12.9. The summed E-state index contributed by atoms with van der Waals surface area (Å²) >= 11 is 0. The summed E-state index contributed by atoms with van der Waals surface area (Å²) in [6.45, 7) is 5.19. The number of para-hydroxylation sites is 1. The molecule has 1 unspecified atom stereocenters. The highest BCUT2D eigenvalue weighted by Gasteiger charge is 2.23. The largest absolute Gasteiger partial charge is 0.493 e. The summed E-state index contributed by atoms with van der Waals surface area (Å²) in [6.07, 6.45) is 0. The first-order valence-electron chi connectivity index (χ1n) is 6.85. The normalized spacial score (nSPS) is 13.4. The molecule has 0 aliphatic carbocycles. The van der Waals surface area contributed by atoms with Crippen LogP contribution in [0.5, 0.6) is 11.5 Å². The van der Waals surface area contributed by atoms with Gasteiger partial charge in [0.25, 0.3) is 5.91 Å². The van der Waals surface area contributed by atoms with E-state index < -0.39 is 0 Å². The highest BCUT2D eigenvalue weighted by atomic mass is 16.5. The Kier molecular flexibility index (Phi) is 6.31. The lowest BCUT2D eigenvalue weighted by atomic mass is 10.1. The van der Waals surface area contributed by atoms with Gasteiger partial charge in [0.1, 0.15) is 6.54 Å². The number of hydrogen-bond donors (Lipinski definition) is 2. The molecular weight excluding hydrogens is 256 g/mol. The standard InChI is InChI=1S/C15H24N2O3/c1-6-16-15(18)11(2)17(3)10-12-8-7-9-13(19-4)14(12)20-5/h7-9,11H,6,10H2,1-5H3,(H,16,18)/p+1/t11-/m0/s1. The van der Waals surface area contributed by atoms with E-state index in [9.17, 15) is 4.79 Å². The molecule has 0 spiro atoms. The molecule has 0 saturated carbocycles. The molecule has 2 atom stereocenters. The molecule has 0 aliphatic heterocycles. The molecule has 0 radical (unpaired) electrons. The average Bonchev–Trinajstić information content (AvgIpc) is 2.46. The summed E-state index contributed by atoms with van der Waals surface area (Å²) in [6, 6.07) is 5.67. The van der Waals surface area contributed by atoms with Crippen LogP contribution in [-0.4, -0.2) is 39.8 Å². The van der Waals surface area contributed by atoms with Crippen molar-refractivity contribution in [3.05, 3.63) is 23.8 Å². The van der Waals surface area contributed by atoms with Gasteiger partial charge in [-0.25, -0.2) is 0 Å². The second-order valence-electron chi connectivity index (χ2n) is 4.79. The number of nitrogens with one attached hydrogen (secondary N) is 2. The molecule has 5 heteroatoms. The molecule has 1 amide bonds. The van der Waals surface area contributed by atoms with Crippen LogP contribution in [0.1, 0.15) is 19.4 Å². The molecule has 2 N–H and O–H groups in total. The van der Waals surface area contributed by atoms with Gasteiger partial charge in [-0.15, -0.1) is 0 Å². The zero-order chi connectivity index (χ0) is 15.1. The Balaban J connectivity index is 2.85. The van der Waals surface area contributed by atoms with Crippen LogP contribution in [-0.2, 0) is 11.3 Å². The first kappa shape index (κ1) is 16.3. The summed E-state index contributed by atoms with van der Waals surface area (Å²) < 4.78 is 10.7. The van der Waals surface area contributed by atoms with E-state index >= 15 is 0 Å². The van der Waals surface area contributed by atoms with Gasteiger partial charge < -0.3 is 19.7 Å². The van der Waals surface area contributed by atoms with Crippen LogP contribution in [0.25, 0.3) is 0 Å². The topological polar surface area (TPSA) is 52.0 Å². The van der Waals surface area contributed by atoms with Crippen molar-refractivity contribution in [2.45, 2.75) is 26.4 Å². The molecule has 1 aromatic rings. The van der Waals surface area contributed by atoms with Crippen molar-refractivity contribution in [1.29, 1.82) is 0 Å². The Morgan fingerprint density at radius 1 is 1.35 bits per heavy atom. The second kappa shape index (κ2) is 7.75. The van der Waals surface area contributed by atoms with Crippen molar-refractivity contribution < 1.29 is 19.2 Å². The summed E-state index contributed by atoms with van der Waals surface area (Å²) in [4.78, 5) is 13.0. The Hall–Kier alpha value is -1.75. The third kappa shape index (κ3) is 3.87. The minimum absolute atomic E-state index is 0.0619. The third-order valence-electron chi connectivity index (χ3n) is 3.44. The van der Waals surface area contributed by atoms with E-state index in [4.69, 9.17) is 9.47 Å². The molecule has 0 aromatic heterocycles. The van der Waals surface area contributed by atoms with Gasteiger partial charge in [0, 0.05) is 6.54 Å². The van der Waals surface area contributed by atoms with E-state index in [1.165, 1.54) is 0 Å². The first-order valence-corrected chi connectivity index (χ1v) is 6.85. The fourth-order valence-electron chi connectivity index (χ4n) is 2.10. The van der Waals surface area contributed by atoms with Crippen LogP contribution < -0.4 is 19.7 Å². The van der Waals surface area contributed by atoms with Gasteiger partial charge in [-0.3, -0.25) is 4.79 Å². The van der Waals surface area contributed by atoms with Gasteiger partial charge in [-0.05, 0) is 26.0 Å². The van der Waals surface area contributed by atoms with Crippen molar-refractivity contribution in [1.82, 2.24) is 5.32 Å². The van der Waals surface area contributed by atoms with Crippen LogP contribution in [0, 0.1) is 0 Å². The van der Waals surface area contributed by atoms with Crippen molar-refractivity contribution >= 4 is 5.91 Å². The lowest BCUT2D eigenvalue weighted by molar-refractivity contribution is -0.908. The maximum Gasteiger partial charge on any atom is 0.278 e. The molecule has 5 nitrogen and oxygen atoms in total. The van der Waals surface area contributed by atoms with Gasteiger partial charge in [0.05, 0.1) is 26.8 Å². The monoisotopic (exact) mass is 281 g/mol. The van der Waals surface area contributed by atoms with Gasteiger partial charge >= 0.3 is 0 Å². The van der Waals surface area contributed by atoms with E-state index in [1.807, 2.05) is 39.1 Å². The maximum atomic E-state index is 11.9. The number of amides is 1. The number of likely N-dealkylation sites (N-methyl/N-ethyl adjacent to an activating group) is 2. The van der Waals surface area contributed by atoms with Crippen LogP contribution in [0.15, 0.2) is 18.2 Å².